The Labute approximate surface area is 166 Å². The maximum absolute atomic E-state index is 13.3. The lowest BCUT2D eigenvalue weighted by Crippen LogP contribution is -2.48. The maximum Gasteiger partial charge on any atom is 0.260 e. The first kappa shape index (κ1) is 19.8. The molecule has 0 saturated carbocycles. The van der Waals surface area contributed by atoms with Gasteiger partial charge in [0, 0.05) is 43.8 Å². The van der Waals surface area contributed by atoms with Crippen molar-refractivity contribution in [1.29, 1.82) is 5.26 Å². The summed E-state index contributed by atoms with van der Waals surface area (Å²) in [7, 11) is 1.63. The van der Waals surface area contributed by atoms with Crippen LogP contribution in [-0.2, 0) is 0 Å². The summed E-state index contributed by atoms with van der Waals surface area (Å²) < 4.78 is 5.25. The molecule has 0 bridgehead atoms. The van der Waals surface area contributed by atoms with Crippen molar-refractivity contribution in [2.24, 2.45) is 5.92 Å². The molecule has 0 N–H and O–H groups in total. The van der Waals surface area contributed by atoms with E-state index in [-0.39, 0.29) is 17.9 Å². The van der Waals surface area contributed by atoms with Crippen molar-refractivity contribution in [3.63, 3.8) is 0 Å². The SMILES string of the molecule is COc1ccc(N(C(=O)c2cccnc2)C2CCN(CC(C)C#N)CC2)cc1. The fraction of sp³-hybridized carbons (Fsp3) is 0.409. The van der Waals surface area contributed by atoms with Crippen LogP contribution in [0.5, 0.6) is 5.75 Å². The van der Waals surface area contributed by atoms with Gasteiger partial charge < -0.3 is 14.5 Å². The largest absolute Gasteiger partial charge is 0.497 e. The monoisotopic (exact) mass is 378 g/mol. The van der Waals surface area contributed by atoms with E-state index in [1.165, 1.54) is 0 Å². The minimum atomic E-state index is -0.0397. The summed E-state index contributed by atoms with van der Waals surface area (Å²) in [4.78, 5) is 21.6. The zero-order valence-electron chi connectivity index (χ0n) is 16.4. The molecule has 0 spiro atoms. The molecule has 2 aromatic rings. The van der Waals surface area contributed by atoms with E-state index in [1.54, 1.807) is 31.6 Å². The van der Waals surface area contributed by atoms with E-state index in [4.69, 9.17) is 10.00 Å². The number of anilines is 1. The van der Waals surface area contributed by atoms with E-state index in [0.717, 1.165) is 43.9 Å². The van der Waals surface area contributed by atoms with E-state index in [9.17, 15) is 4.79 Å². The van der Waals surface area contributed by atoms with Crippen molar-refractivity contribution < 1.29 is 9.53 Å². The number of methoxy groups -OCH3 is 1. The first-order valence-electron chi connectivity index (χ1n) is 9.62. The molecule has 6 heteroatoms. The number of nitrogens with zero attached hydrogens (tertiary/aromatic N) is 4. The van der Waals surface area contributed by atoms with E-state index >= 15 is 0 Å². The van der Waals surface area contributed by atoms with Crippen molar-refractivity contribution in [3.8, 4) is 11.8 Å². The van der Waals surface area contributed by atoms with Gasteiger partial charge in [-0.1, -0.05) is 0 Å². The first-order valence-corrected chi connectivity index (χ1v) is 9.62. The highest BCUT2D eigenvalue weighted by Gasteiger charge is 2.30. The van der Waals surface area contributed by atoms with Crippen LogP contribution in [0.1, 0.15) is 30.1 Å². The average Bonchev–Trinajstić information content (AvgIpc) is 2.76. The number of rotatable bonds is 6. The Morgan fingerprint density at radius 3 is 2.61 bits per heavy atom. The fourth-order valence-corrected chi connectivity index (χ4v) is 3.65. The van der Waals surface area contributed by atoms with Crippen LogP contribution < -0.4 is 9.64 Å². The number of ether oxygens (including phenoxy) is 1. The van der Waals surface area contributed by atoms with Crippen LogP contribution in [0.15, 0.2) is 48.8 Å². The number of carbonyl (C=O) groups excluding carboxylic acids is 1. The van der Waals surface area contributed by atoms with Crippen LogP contribution in [0.3, 0.4) is 0 Å². The fourth-order valence-electron chi connectivity index (χ4n) is 3.65. The molecule has 1 aliphatic heterocycles. The lowest BCUT2D eigenvalue weighted by atomic mass is 10.00. The Morgan fingerprint density at radius 1 is 1.32 bits per heavy atom. The molecule has 1 unspecified atom stereocenters. The van der Waals surface area contributed by atoms with Crippen molar-refractivity contribution >= 4 is 11.6 Å². The summed E-state index contributed by atoms with van der Waals surface area (Å²) in [6.45, 7) is 4.48. The van der Waals surface area contributed by atoms with E-state index in [1.807, 2.05) is 36.1 Å². The Morgan fingerprint density at radius 2 is 2.04 bits per heavy atom. The highest BCUT2D eigenvalue weighted by Crippen LogP contribution is 2.27. The van der Waals surface area contributed by atoms with Crippen molar-refractivity contribution in [2.75, 3.05) is 31.6 Å². The summed E-state index contributed by atoms with van der Waals surface area (Å²) in [6.07, 6.45) is 5.03. The molecule has 1 aromatic heterocycles. The van der Waals surface area contributed by atoms with Crippen LogP contribution in [0.4, 0.5) is 5.69 Å². The minimum Gasteiger partial charge on any atom is -0.497 e. The molecular formula is C22H26N4O2. The molecule has 1 atom stereocenters. The predicted molar refractivity (Wildman–Crippen MR) is 108 cm³/mol. The van der Waals surface area contributed by atoms with Gasteiger partial charge in [0.05, 0.1) is 24.7 Å². The van der Waals surface area contributed by atoms with Gasteiger partial charge in [0.25, 0.3) is 5.91 Å². The lowest BCUT2D eigenvalue weighted by Gasteiger charge is -2.39. The van der Waals surface area contributed by atoms with Crippen molar-refractivity contribution in [2.45, 2.75) is 25.8 Å². The number of amides is 1. The summed E-state index contributed by atoms with van der Waals surface area (Å²) in [5.74, 6) is 0.742. The van der Waals surface area contributed by atoms with Crippen LogP contribution in [-0.4, -0.2) is 48.6 Å². The van der Waals surface area contributed by atoms with Crippen LogP contribution in [0.2, 0.25) is 0 Å². The third-order valence-corrected chi connectivity index (χ3v) is 5.15. The molecule has 1 amide bonds. The second-order valence-electron chi connectivity index (χ2n) is 7.18. The van der Waals surface area contributed by atoms with E-state index in [2.05, 4.69) is 16.0 Å². The Hall–Kier alpha value is -2.91. The second-order valence-corrected chi connectivity index (χ2v) is 7.18. The van der Waals surface area contributed by atoms with Gasteiger partial charge in [-0.15, -0.1) is 0 Å². The Bertz CT molecular complexity index is 809. The van der Waals surface area contributed by atoms with Gasteiger partial charge in [-0.2, -0.15) is 5.26 Å². The standard InChI is InChI=1S/C22H26N4O2/c1-17(14-23)16-25-12-9-20(10-13-25)26(19-5-7-21(28-2)8-6-19)22(27)18-4-3-11-24-15-18/h3-8,11,15,17,20H,9-10,12-13,16H2,1-2H3. The van der Waals surface area contributed by atoms with Gasteiger partial charge in [-0.05, 0) is 56.2 Å². The molecule has 0 radical (unpaired) electrons. The minimum absolute atomic E-state index is 0.0197. The Kier molecular flexibility index (Phi) is 6.62. The molecule has 0 aliphatic carbocycles. The third kappa shape index (κ3) is 4.68. The zero-order valence-corrected chi connectivity index (χ0v) is 16.4. The van der Waals surface area contributed by atoms with Crippen LogP contribution in [0, 0.1) is 17.2 Å². The summed E-state index contributed by atoms with van der Waals surface area (Å²) >= 11 is 0. The highest BCUT2D eigenvalue weighted by atomic mass is 16.5. The number of pyridine rings is 1. The third-order valence-electron chi connectivity index (χ3n) is 5.15. The number of benzene rings is 1. The number of hydrogen-bond acceptors (Lipinski definition) is 5. The van der Waals surface area contributed by atoms with E-state index in [0.29, 0.717) is 5.56 Å². The predicted octanol–water partition coefficient (Wildman–Crippen LogP) is 3.36. The molecule has 6 nitrogen and oxygen atoms in total. The van der Waals surface area contributed by atoms with Gasteiger partial charge in [0.2, 0.25) is 0 Å². The van der Waals surface area contributed by atoms with Crippen LogP contribution in [0.25, 0.3) is 0 Å². The summed E-state index contributed by atoms with van der Waals surface area (Å²) in [6, 6.07) is 13.6. The molecule has 3 rings (SSSR count). The van der Waals surface area contributed by atoms with Gasteiger partial charge in [-0.3, -0.25) is 9.78 Å². The Balaban J connectivity index is 1.81. The zero-order chi connectivity index (χ0) is 19.9. The molecule has 1 aromatic carbocycles. The first-order chi connectivity index (χ1) is 13.6. The normalized spacial score (nSPS) is 16.2. The topological polar surface area (TPSA) is 69.5 Å². The van der Waals surface area contributed by atoms with Crippen LogP contribution >= 0.6 is 0 Å². The van der Waals surface area contributed by atoms with Crippen molar-refractivity contribution in [3.05, 3.63) is 54.4 Å². The van der Waals surface area contributed by atoms with Gasteiger partial charge in [-0.25, -0.2) is 0 Å². The number of piperidine rings is 1. The number of nitriles is 1. The smallest absolute Gasteiger partial charge is 0.260 e. The summed E-state index contributed by atoms with van der Waals surface area (Å²) in [5, 5.41) is 9.05. The molecular weight excluding hydrogens is 352 g/mol. The molecule has 1 saturated heterocycles. The van der Waals surface area contributed by atoms with E-state index < -0.39 is 0 Å². The maximum atomic E-state index is 13.3. The highest BCUT2D eigenvalue weighted by molar-refractivity contribution is 6.06. The number of carbonyl (C=O) groups is 1. The molecule has 28 heavy (non-hydrogen) atoms. The van der Waals surface area contributed by atoms with Crippen molar-refractivity contribution in [1.82, 2.24) is 9.88 Å². The second kappa shape index (κ2) is 9.34. The summed E-state index contributed by atoms with van der Waals surface area (Å²) in [5.41, 5.74) is 1.44. The van der Waals surface area contributed by atoms with Gasteiger partial charge >= 0.3 is 0 Å². The lowest BCUT2D eigenvalue weighted by molar-refractivity contribution is 0.0958. The number of hydrogen-bond donors (Lipinski definition) is 0. The molecule has 1 fully saturated rings. The quantitative estimate of drug-likeness (QED) is 0.771. The van der Waals surface area contributed by atoms with Gasteiger partial charge in [0.1, 0.15) is 5.75 Å². The number of aromatic nitrogens is 1. The molecule has 2 heterocycles. The van der Waals surface area contributed by atoms with Gasteiger partial charge in [0.15, 0.2) is 0 Å². The average molecular weight is 378 g/mol. The molecule has 146 valence electrons. The molecule has 1 aliphatic rings. The number of likely N-dealkylation sites (tertiary alicyclic amines) is 1.